The number of nitrogens with one attached hydrogen (secondary N) is 2. The summed E-state index contributed by atoms with van der Waals surface area (Å²) in [5, 5.41) is 21.0. The number of hydrogen-bond acceptors (Lipinski definition) is 7. The quantitative estimate of drug-likeness (QED) is 0.302. The molecule has 0 aromatic heterocycles. The summed E-state index contributed by atoms with van der Waals surface area (Å²) in [5.74, 6) is -0.439. The number of amides is 1. The fourth-order valence-electron chi connectivity index (χ4n) is 5.87. The summed E-state index contributed by atoms with van der Waals surface area (Å²) in [6, 6.07) is 9.13. The molecule has 0 saturated carbocycles. The fourth-order valence-corrected chi connectivity index (χ4v) is 5.87. The van der Waals surface area contributed by atoms with Crippen molar-refractivity contribution in [3.8, 4) is 5.75 Å². The van der Waals surface area contributed by atoms with Gasteiger partial charge in [0.1, 0.15) is 17.6 Å². The summed E-state index contributed by atoms with van der Waals surface area (Å²) >= 11 is 0. The van der Waals surface area contributed by atoms with E-state index in [1.165, 1.54) is 0 Å². The molecule has 0 bridgehead atoms. The van der Waals surface area contributed by atoms with E-state index < -0.39 is 12.0 Å². The zero-order valence-electron chi connectivity index (χ0n) is 26.7. The molecule has 0 radical (unpaired) electrons. The van der Waals surface area contributed by atoms with Crippen LogP contribution in [0.25, 0.3) is 0 Å². The average molecular weight is 673 g/mol. The molecule has 3 N–H and O–H groups in total. The molecule has 1 saturated heterocycles. The molecule has 2 aliphatic rings. The van der Waals surface area contributed by atoms with Crippen molar-refractivity contribution in [3.63, 3.8) is 0 Å². The molecular weight excluding hydrogens is 626 g/mol. The van der Waals surface area contributed by atoms with Crippen molar-refractivity contribution in [1.82, 2.24) is 20.0 Å². The smallest absolute Gasteiger partial charge is 0.320 e. The lowest BCUT2D eigenvalue weighted by Gasteiger charge is -2.37. The van der Waals surface area contributed by atoms with Gasteiger partial charge >= 0.3 is 5.97 Å². The molecule has 10 nitrogen and oxygen atoms in total. The number of carbonyl (C=O) groups is 3. The number of hydrogen-bond donors (Lipinski definition) is 3. The number of carboxylic acids is 1. The van der Waals surface area contributed by atoms with E-state index >= 15 is 0 Å². The van der Waals surface area contributed by atoms with Gasteiger partial charge in [-0.3, -0.25) is 29.6 Å². The second kappa shape index (κ2) is 14.7. The van der Waals surface area contributed by atoms with Gasteiger partial charge in [-0.15, -0.1) is 17.0 Å². The van der Waals surface area contributed by atoms with Crippen LogP contribution in [0.15, 0.2) is 30.3 Å². The number of rotatable bonds is 11. The van der Waals surface area contributed by atoms with Gasteiger partial charge in [0.15, 0.2) is 5.78 Å². The number of amidine groups is 1. The van der Waals surface area contributed by atoms with E-state index in [0.717, 1.165) is 29.8 Å². The van der Waals surface area contributed by atoms with Crippen LogP contribution in [0, 0.1) is 5.41 Å². The summed E-state index contributed by atoms with van der Waals surface area (Å²) < 4.78 is 5.71. The molecule has 2 aromatic carbocycles. The molecule has 1 fully saturated rings. The second-order valence-electron chi connectivity index (χ2n) is 12.4. The highest BCUT2D eigenvalue weighted by Crippen LogP contribution is 2.31. The lowest BCUT2D eigenvalue weighted by molar-refractivity contribution is -0.144. The maximum Gasteiger partial charge on any atom is 0.320 e. The molecule has 2 heterocycles. The lowest BCUT2D eigenvalue weighted by Crippen LogP contribution is -2.52. The predicted molar refractivity (Wildman–Crippen MR) is 177 cm³/mol. The highest BCUT2D eigenvalue weighted by Gasteiger charge is 2.31. The summed E-state index contributed by atoms with van der Waals surface area (Å²) in [4.78, 5) is 43.9. The number of carboxylic acid groups (broad SMARTS) is 1. The Bertz CT molecular complexity index is 1400. The van der Waals surface area contributed by atoms with Crippen molar-refractivity contribution in [2.75, 3.05) is 46.4 Å². The Hall–Kier alpha value is -3.28. The first-order chi connectivity index (χ1) is 20.4. The zero-order valence-corrected chi connectivity index (χ0v) is 28.4. The number of fused-ring (bicyclic) bond motifs is 1. The van der Waals surface area contributed by atoms with Crippen molar-refractivity contribution in [1.29, 1.82) is 5.41 Å². The number of ether oxygens (including phenoxy) is 1. The normalized spacial score (nSPS) is 16.2. The number of benzene rings is 2. The van der Waals surface area contributed by atoms with E-state index in [-0.39, 0.29) is 46.5 Å². The maximum atomic E-state index is 13.7. The van der Waals surface area contributed by atoms with Gasteiger partial charge < -0.3 is 20.1 Å². The molecule has 0 aliphatic carbocycles. The minimum Gasteiger partial charge on any atom is -0.493 e. The van der Waals surface area contributed by atoms with E-state index in [9.17, 15) is 19.5 Å². The average Bonchev–Trinajstić information content (AvgIpc) is 3.26. The van der Waals surface area contributed by atoms with Gasteiger partial charge in [0.05, 0.1) is 18.7 Å². The van der Waals surface area contributed by atoms with E-state index in [4.69, 9.17) is 10.1 Å². The van der Waals surface area contributed by atoms with Crippen molar-refractivity contribution >= 4 is 40.5 Å². The third-order valence-corrected chi connectivity index (χ3v) is 8.35. The van der Waals surface area contributed by atoms with E-state index in [1.807, 2.05) is 30.9 Å². The van der Waals surface area contributed by atoms with Gasteiger partial charge in [0.2, 0.25) is 0 Å². The summed E-state index contributed by atoms with van der Waals surface area (Å²) in [5.41, 5.74) is 4.42. The zero-order chi connectivity index (χ0) is 31.5. The first-order valence-corrected chi connectivity index (χ1v) is 15.1. The van der Waals surface area contributed by atoms with Crippen LogP contribution in [0.5, 0.6) is 5.75 Å². The Morgan fingerprint density at radius 3 is 2.30 bits per heavy atom. The molecule has 1 unspecified atom stereocenters. The molecule has 4 rings (SSSR count). The maximum absolute atomic E-state index is 13.7. The predicted octanol–water partition coefficient (Wildman–Crippen LogP) is 4.32. The summed E-state index contributed by atoms with van der Waals surface area (Å²) in [6.45, 7) is 14.6. The highest BCUT2D eigenvalue weighted by molar-refractivity contribution is 8.93. The molecule has 2 aromatic rings. The van der Waals surface area contributed by atoms with Crippen LogP contribution in [-0.4, -0.2) is 95.7 Å². The Balaban J connectivity index is 0.00000529. The number of ketones is 1. The SMILES string of the molecule is Br.CCOc1cc2c(cc1C(=O)NC)C(=N)N(CC(=O)c1cc(CN3CCN(C(CC)C(=O)O)CC3)cc(C(C)(C)C)c1)C2. The first-order valence-electron chi connectivity index (χ1n) is 15.1. The summed E-state index contributed by atoms with van der Waals surface area (Å²) in [7, 11) is 1.56. The van der Waals surface area contributed by atoms with Crippen LogP contribution in [-0.2, 0) is 23.3 Å². The Morgan fingerprint density at radius 2 is 1.73 bits per heavy atom. The fraction of sp³-hybridized carbons (Fsp3) is 0.515. The second-order valence-corrected chi connectivity index (χ2v) is 12.4. The van der Waals surface area contributed by atoms with Crippen molar-refractivity contribution in [2.24, 2.45) is 0 Å². The standard InChI is InChI=1S/C33H45N5O5.BrH/c1-7-27(32(41)42)37-11-9-36(10-12-37)18-21-13-22(15-24(14-21)33(3,4)5)28(39)20-38-19-23-16-29(43-8-2)26(31(40)35-6)17-25(23)30(38)34;/h13-17,27,34H,7-12,18-20H2,1-6H3,(H,35,40)(H,41,42);1H. The van der Waals surface area contributed by atoms with Crippen LogP contribution in [0.1, 0.15) is 84.0 Å². The Kier molecular flexibility index (Phi) is 11.7. The molecule has 0 spiro atoms. The molecule has 44 heavy (non-hydrogen) atoms. The third-order valence-electron chi connectivity index (χ3n) is 8.35. The molecular formula is C33H46BrN5O5. The van der Waals surface area contributed by atoms with Gasteiger partial charge in [-0.05, 0) is 59.7 Å². The van der Waals surface area contributed by atoms with E-state index in [0.29, 0.717) is 61.6 Å². The van der Waals surface area contributed by atoms with E-state index in [2.05, 4.69) is 37.1 Å². The first kappa shape index (κ1) is 35.2. The van der Waals surface area contributed by atoms with Crippen LogP contribution in [0.3, 0.4) is 0 Å². The number of nitrogens with zero attached hydrogens (tertiary/aromatic N) is 3. The lowest BCUT2D eigenvalue weighted by atomic mass is 9.84. The Morgan fingerprint density at radius 1 is 1.05 bits per heavy atom. The van der Waals surface area contributed by atoms with Gasteiger partial charge in [0, 0.05) is 57.4 Å². The van der Waals surface area contributed by atoms with Crippen molar-refractivity contribution in [3.05, 3.63) is 63.7 Å². The number of Topliss-reactive ketones (excluding diaryl/α,β-unsaturated/α-hetero) is 1. The molecule has 11 heteroatoms. The Labute approximate surface area is 271 Å². The van der Waals surface area contributed by atoms with Gasteiger partial charge in [-0.1, -0.05) is 33.8 Å². The van der Waals surface area contributed by atoms with Gasteiger partial charge in [0.25, 0.3) is 5.91 Å². The van der Waals surface area contributed by atoms with Gasteiger partial charge in [-0.2, -0.15) is 0 Å². The van der Waals surface area contributed by atoms with Crippen molar-refractivity contribution in [2.45, 2.75) is 65.6 Å². The topological polar surface area (TPSA) is 126 Å². The van der Waals surface area contributed by atoms with E-state index in [1.54, 1.807) is 24.1 Å². The van der Waals surface area contributed by atoms with Crippen LogP contribution in [0.4, 0.5) is 0 Å². The number of aliphatic carboxylic acids is 1. The molecule has 2 aliphatic heterocycles. The van der Waals surface area contributed by atoms with Crippen LogP contribution >= 0.6 is 17.0 Å². The molecule has 1 atom stereocenters. The summed E-state index contributed by atoms with van der Waals surface area (Å²) in [6.07, 6.45) is 0.580. The third kappa shape index (κ3) is 7.86. The van der Waals surface area contributed by atoms with Crippen molar-refractivity contribution < 1.29 is 24.2 Å². The van der Waals surface area contributed by atoms with Crippen LogP contribution < -0.4 is 10.1 Å². The molecule has 240 valence electrons. The minimum atomic E-state index is -0.771. The van der Waals surface area contributed by atoms with Crippen LogP contribution in [0.2, 0.25) is 0 Å². The molecule has 1 amide bonds. The number of piperazine rings is 1. The monoisotopic (exact) mass is 671 g/mol. The highest BCUT2D eigenvalue weighted by atomic mass is 79.9. The van der Waals surface area contributed by atoms with Gasteiger partial charge in [-0.25, -0.2) is 0 Å². The number of carbonyl (C=O) groups excluding carboxylic acids is 2. The minimum absolute atomic E-state index is 0. The largest absolute Gasteiger partial charge is 0.493 e. The number of halogens is 1.